The van der Waals surface area contributed by atoms with Crippen LogP contribution in [0.3, 0.4) is 0 Å². The number of halogens is 1. The van der Waals surface area contributed by atoms with Gasteiger partial charge in [0.2, 0.25) is 12.3 Å². The first kappa shape index (κ1) is 17.3. The molecule has 0 saturated heterocycles. The number of nitrogens with one attached hydrogen (secondary N) is 2. The van der Waals surface area contributed by atoms with Gasteiger partial charge in [0.15, 0.2) is 0 Å². The maximum atomic E-state index is 13.9. The zero-order valence-electron chi connectivity index (χ0n) is 14.5. The van der Waals surface area contributed by atoms with E-state index in [1.807, 2.05) is 0 Å². The molecule has 2 heterocycles. The molecule has 4 aromatic rings. The molecular formula is C20H14FN5O2. The minimum absolute atomic E-state index is 0.235. The van der Waals surface area contributed by atoms with E-state index < -0.39 is 5.82 Å². The van der Waals surface area contributed by atoms with Crippen molar-refractivity contribution in [2.24, 2.45) is 0 Å². The molecule has 0 saturated carbocycles. The predicted molar refractivity (Wildman–Crippen MR) is 102 cm³/mol. The second kappa shape index (κ2) is 7.67. The van der Waals surface area contributed by atoms with Crippen molar-refractivity contribution >= 4 is 23.1 Å². The Bertz CT molecular complexity index is 1100. The third-order valence-corrected chi connectivity index (χ3v) is 3.93. The molecule has 0 spiro atoms. The lowest BCUT2D eigenvalue weighted by Crippen LogP contribution is -2.14. The van der Waals surface area contributed by atoms with E-state index in [1.165, 1.54) is 18.7 Å². The van der Waals surface area contributed by atoms with E-state index in [0.29, 0.717) is 11.6 Å². The molecule has 1 amide bonds. The lowest BCUT2D eigenvalue weighted by atomic mass is 10.2. The van der Waals surface area contributed by atoms with Gasteiger partial charge in [-0.3, -0.25) is 4.79 Å². The standard InChI is InChI=1S/C20H14FN5O2/c21-16-5-1-2-6-17(16)25-18-15(4-3-11-22-18)19(27)24-14-9-7-13(8-10-14)20-26-23-12-28-20/h1-12H,(H,22,25)(H,24,27). The van der Waals surface area contributed by atoms with Crippen molar-refractivity contribution < 1.29 is 13.6 Å². The normalized spacial score (nSPS) is 10.5. The molecule has 0 aliphatic carbocycles. The van der Waals surface area contributed by atoms with Gasteiger partial charge in [0, 0.05) is 17.4 Å². The van der Waals surface area contributed by atoms with Crippen LogP contribution in [0.15, 0.2) is 77.7 Å². The average molecular weight is 375 g/mol. The number of carbonyl (C=O) groups is 1. The summed E-state index contributed by atoms with van der Waals surface area (Å²) < 4.78 is 19.0. The maximum Gasteiger partial charge on any atom is 0.259 e. The van der Waals surface area contributed by atoms with Gasteiger partial charge in [0.1, 0.15) is 11.6 Å². The first-order valence-electron chi connectivity index (χ1n) is 8.35. The highest BCUT2D eigenvalue weighted by Gasteiger charge is 2.14. The van der Waals surface area contributed by atoms with E-state index in [4.69, 9.17) is 4.42 Å². The van der Waals surface area contributed by atoms with E-state index >= 15 is 0 Å². The lowest BCUT2D eigenvalue weighted by molar-refractivity contribution is 0.102. The summed E-state index contributed by atoms with van der Waals surface area (Å²) in [6, 6.07) is 16.4. The van der Waals surface area contributed by atoms with Gasteiger partial charge in [0.05, 0.1) is 11.3 Å². The number of rotatable bonds is 5. The van der Waals surface area contributed by atoms with Crippen molar-refractivity contribution in [3.63, 3.8) is 0 Å². The fraction of sp³-hybridized carbons (Fsp3) is 0. The first-order valence-corrected chi connectivity index (χ1v) is 8.35. The van der Waals surface area contributed by atoms with Crippen molar-refractivity contribution in [2.75, 3.05) is 10.6 Å². The highest BCUT2D eigenvalue weighted by molar-refractivity contribution is 6.07. The third kappa shape index (κ3) is 3.70. The molecule has 138 valence electrons. The Balaban J connectivity index is 1.53. The molecule has 0 bridgehead atoms. The number of anilines is 3. The molecular weight excluding hydrogens is 361 g/mol. The van der Waals surface area contributed by atoms with E-state index in [0.717, 1.165) is 5.56 Å². The average Bonchev–Trinajstić information content (AvgIpc) is 3.25. The Morgan fingerprint density at radius 3 is 2.57 bits per heavy atom. The van der Waals surface area contributed by atoms with Crippen LogP contribution in [-0.4, -0.2) is 21.1 Å². The number of benzene rings is 2. The molecule has 0 atom stereocenters. The van der Waals surface area contributed by atoms with Gasteiger partial charge in [-0.2, -0.15) is 0 Å². The summed E-state index contributed by atoms with van der Waals surface area (Å²) >= 11 is 0. The van der Waals surface area contributed by atoms with E-state index in [1.54, 1.807) is 54.6 Å². The number of nitrogens with zero attached hydrogens (tertiary/aromatic N) is 3. The number of aromatic nitrogens is 3. The molecule has 7 nitrogen and oxygen atoms in total. The molecule has 2 N–H and O–H groups in total. The first-order chi connectivity index (χ1) is 13.7. The van der Waals surface area contributed by atoms with Crippen LogP contribution >= 0.6 is 0 Å². The van der Waals surface area contributed by atoms with Crippen LogP contribution < -0.4 is 10.6 Å². The number of hydrogen-bond donors (Lipinski definition) is 2. The predicted octanol–water partition coefficient (Wildman–Crippen LogP) is 4.27. The van der Waals surface area contributed by atoms with Gasteiger partial charge in [-0.1, -0.05) is 12.1 Å². The third-order valence-electron chi connectivity index (χ3n) is 3.93. The molecule has 0 radical (unpaired) electrons. The zero-order valence-corrected chi connectivity index (χ0v) is 14.5. The Labute approximate surface area is 159 Å². The van der Waals surface area contributed by atoms with Gasteiger partial charge < -0.3 is 15.1 Å². The van der Waals surface area contributed by atoms with E-state index in [9.17, 15) is 9.18 Å². The largest absolute Gasteiger partial charge is 0.423 e. The van der Waals surface area contributed by atoms with Gasteiger partial charge in [-0.25, -0.2) is 9.37 Å². The Kier molecular flexibility index (Phi) is 4.75. The van der Waals surface area contributed by atoms with Gasteiger partial charge in [-0.05, 0) is 48.5 Å². The van der Waals surface area contributed by atoms with Crippen LogP contribution in [0.25, 0.3) is 11.5 Å². The number of carbonyl (C=O) groups excluding carboxylic acids is 1. The maximum absolute atomic E-state index is 13.9. The summed E-state index contributed by atoms with van der Waals surface area (Å²) in [5, 5.41) is 13.1. The molecule has 4 rings (SSSR count). The number of hydrogen-bond acceptors (Lipinski definition) is 6. The molecule has 8 heteroatoms. The summed E-state index contributed by atoms with van der Waals surface area (Å²) in [5.74, 6) is -0.164. The van der Waals surface area contributed by atoms with Crippen molar-refractivity contribution in [3.05, 3.63) is 84.6 Å². The minimum Gasteiger partial charge on any atom is -0.423 e. The van der Waals surface area contributed by atoms with Crippen molar-refractivity contribution in [2.45, 2.75) is 0 Å². The van der Waals surface area contributed by atoms with Crippen molar-refractivity contribution in [1.29, 1.82) is 0 Å². The highest BCUT2D eigenvalue weighted by atomic mass is 19.1. The second-order valence-electron chi connectivity index (χ2n) is 5.78. The zero-order chi connectivity index (χ0) is 19.3. The summed E-state index contributed by atoms with van der Waals surface area (Å²) in [7, 11) is 0. The summed E-state index contributed by atoms with van der Waals surface area (Å²) in [5.41, 5.74) is 1.83. The molecule has 0 aliphatic rings. The van der Waals surface area contributed by atoms with Gasteiger partial charge in [0.25, 0.3) is 5.91 Å². The van der Waals surface area contributed by atoms with Crippen LogP contribution in [0.2, 0.25) is 0 Å². The van der Waals surface area contributed by atoms with Crippen LogP contribution in [0.5, 0.6) is 0 Å². The van der Waals surface area contributed by atoms with Crippen LogP contribution in [0, 0.1) is 5.82 Å². The van der Waals surface area contributed by atoms with E-state index in [-0.39, 0.29) is 23.0 Å². The minimum atomic E-state index is -0.434. The van der Waals surface area contributed by atoms with Crippen LogP contribution in [0.1, 0.15) is 10.4 Å². The Morgan fingerprint density at radius 2 is 1.82 bits per heavy atom. The molecule has 28 heavy (non-hydrogen) atoms. The van der Waals surface area contributed by atoms with Crippen LogP contribution in [-0.2, 0) is 0 Å². The fourth-order valence-electron chi connectivity index (χ4n) is 2.57. The monoisotopic (exact) mass is 375 g/mol. The quantitative estimate of drug-likeness (QED) is 0.541. The molecule has 0 fully saturated rings. The van der Waals surface area contributed by atoms with Crippen LogP contribution in [0.4, 0.5) is 21.6 Å². The molecule has 2 aromatic carbocycles. The fourth-order valence-corrected chi connectivity index (χ4v) is 2.57. The van der Waals surface area contributed by atoms with Crippen molar-refractivity contribution in [1.82, 2.24) is 15.2 Å². The number of pyridine rings is 1. The number of amides is 1. The Hall–Kier alpha value is -4.07. The highest BCUT2D eigenvalue weighted by Crippen LogP contribution is 2.23. The molecule has 0 aliphatic heterocycles. The summed E-state index contributed by atoms with van der Waals surface area (Å²) in [6.07, 6.45) is 2.77. The smallest absolute Gasteiger partial charge is 0.259 e. The number of para-hydroxylation sites is 1. The second-order valence-corrected chi connectivity index (χ2v) is 5.78. The van der Waals surface area contributed by atoms with Gasteiger partial charge in [-0.15, -0.1) is 10.2 Å². The lowest BCUT2D eigenvalue weighted by Gasteiger charge is -2.12. The van der Waals surface area contributed by atoms with E-state index in [2.05, 4.69) is 25.8 Å². The SMILES string of the molecule is O=C(Nc1ccc(-c2nnco2)cc1)c1cccnc1Nc1ccccc1F. The summed E-state index contributed by atoms with van der Waals surface area (Å²) in [6.45, 7) is 0. The molecule has 2 aromatic heterocycles. The summed E-state index contributed by atoms with van der Waals surface area (Å²) in [4.78, 5) is 16.9. The Morgan fingerprint density at radius 1 is 1.00 bits per heavy atom. The van der Waals surface area contributed by atoms with Gasteiger partial charge >= 0.3 is 0 Å². The topological polar surface area (TPSA) is 92.9 Å². The van der Waals surface area contributed by atoms with Crippen molar-refractivity contribution in [3.8, 4) is 11.5 Å². The molecule has 0 unspecified atom stereocenters.